The van der Waals surface area contributed by atoms with Crippen molar-refractivity contribution < 1.29 is 38.4 Å². The van der Waals surface area contributed by atoms with Gasteiger partial charge in [0, 0.05) is 90.9 Å². The molecule has 2 bridgehead atoms. The fraction of sp³-hybridized carbons (Fsp3) is 0.587. The molecule has 1 spiro atoms. The van der Waals surface area contributed by atoms with Crippen LogP contribution in [0.4, 0.5) is 5.69 Å². The molecule has 4 unspecified atom stereocenters. The molecule has 1 aliphatic carbocycles. The minimum atomic E-state index is -2.27. The molecule has 0 radical (unpaired) electrons. The van der Waals surface area contributed by atoms with E-state index in [0.717, 1.165) is 72.3 Å². The van der Waals surface area contributed by atoms with Crippen LogP contribution in [0, 0.1) is 17.3 Å². The lowest BCUT2D eigenvalue weighted by atomic mass is 9.47. The Morgan fingerprint density at radius 3 is 2.47 bits per heavy atom. The molecular weight excluding hydrogens is 737 g/mol. The van der Waals surface area contributed by atoms with Gasteiger partial charge in [0.25, 0.3) is 0 Å². The van der Waals surface area contributed by atoms with Gasteiger partial charge in [0.05, 0.1) is 27.4 Å². The van der Waals surface area contributed by atoms with Crippen molar-refractivity contribution in [2.24, 2.45) is 17.3 Å². The summed E-state index contributed by atoms with van der Waals surface area (Å²) in [5.41, 5.74) is -0.0554. The van der Waals surface area contributed by atoms with Gasteiger partial charge in [-0.05, 0) is 73.7 Å². The first-order chi connectivity index (χ1) is 27.9. The van der Waals surface area contributed by atoms with Crippen LogP contribution in [-0.4, -0.2) is 123 Å². The third-order valence-electron chi connectivity index (χ3n) is 15.5. The molecule has 6 aliphatic rings. The number of fused-ring (bicyclic) bond motifs is 6. The summed E-state index contributed by atoms with van der Waals surface area (Å²) in [5, 5.41) is 14.4. The van der Waals surface area contributed by atoms with Crippen molar-refractivity contribution in [1.82, 2.24) is 14.8 Å². The van der Waals surface area contributed by atoms with Crippen LogP contribution >= 0.6 is 0 Å². The molecule has 12 nitrogen and oxygen atoms in total. The van der Waals surface area contributed by atoms with Crippen LogP contribution in [0.2, 0.25) is 0 Å². The van der Waals surface area contributed by atoms with Crippen LogP contribution in [0.5, 0.6) is 5.75 Å². The number of likely N-dealkylation sites (N-methyl/N-ethyl adjacent to an activating group) is 1. The van der Waals surface area contributed by atoms with Crippen LogP contribution in [0.25, 0.3) is 10.9 Å². The van der Waals surface area contributed by atoms with E-state index in [0.29, 0.717) is 49.6 Å². The number of benzene rings is 2. The van der Waals surface area contributed by atoms with Crippen LogP contribution in [0.1, 0.15) is 75.3 Å². The average molecular weight is 795 g/mol. The number of esters is 3. The van der Waals surface area contributed by atoms with E-state index >= 15 is 4.79 Å². The third kappa shape index (κ3) is 5.00. The molecule has 12 heteroatoms. The number of carbonyl (C=O) groups is 3. The Morgan fingerprint density at radius 2 is 1.76 bits per heavy atom. The van der Waals surface area contributed by atoms with Crippen LogP contribution in [-0.2, 0) is 45.8 Å². The summed E-state index contributed by atoms with van der Waals surface area (Å²) in [4.78, 5) is 53.5. The van der Waals surface area contributed by atoms with Gasteiger partial charge in [0.1, 0.15) is 11.2 Å². The van der Waals surface area contributed by atoms with E-state index in [4.69, 9.17) is 18.9 Å². The number of rotatable bonds is 7. The second-order valence-electron chi connectivity index (χ2n) is 18.0. The number of aromatic nitrogens is 1. The number of hydrogen-bond acceptors (Lipinski definition) is 11. The molecule has 310 valence electrons. The minimum absolute atomic E-state index is 0.184. The summed E-state index contributed by atoms with van der Waals surface area (Å²) in [5.74, 6) is -0.578. The van der Waals surface area contributed by atoms with Gasteiger partial charge in [-0.2, -0.15) is 0 Å². The largest absolute Gasteiger partial charge is 0.496 e. The molecule has 5 aliphatic heterocycles. The van der Waals surface area contributed by atoms with Gasteiger partial charge in [-0.1, -0.05) is 50.6 Å². The highest BCUT2D eigenvalue weighted by atomic mass is 16.6. The monoisotopic (exact) mass is 794 g/mol. The molecule has 2 aromatic carbocycles. The number of para-hydroxylation sites is 1. The molecule has 2 N–H and O–H groups in total. The highest BCUT2D eigenvalue weighted by Gasteiger charge is 2.80. The number of anilines is 1. The number of aliphatic hydroxyl groups is 1. The lowest BCUT2D eigenvalue weighted by molar-refractivity contribution is -0.228. The average Bonchev–Trinajstić information content (AvgIpc) is 3.89. The molecule has 6 heterocycles. The summed E-state index contributed by atoms with van der Waals surface area (Å²) in [6.07, 6.45) is 7.33. The van der Waals surface area contributed by atoms with Gasteiger partial charge in [-0.3, -0.25) is 14.5 Å². The lowest BCUT2D eigenvalue weighted by Gasteiger charge is -2.63. The highest BCUT2D eigenvalue weighted by Crippen LogP contribution is 2.68. The van der Waals surface area contributed by atoms with Crippen LogP contribution in [0.15, 0.2) is 48.6 Å². The standard InChI is InChI=1S/C46H58N4O8/c1-8-28-21-29-24-45(41(52)56-6,37-31(15-19-49(25-28)26-29)30-13-10-11-14-34(30)47-37)33-22-32-35(23-36(33)55-5)48(4)39-44(32)17-20-50-18-12-16-43(9-2,38(44)50)40(58-27(3)51)46(39,54)42(53)57-7/h10-14,16,22-23,28-29,38-40,47,54H,8-9,15,17-21,24-26H2,1-7H3/t28?,29?,38-,39+,40+,43+,44+,45-,46?/m0/s1. The summed E-state index contributed by atoms with van der Waals surface area (Å²) in [6.45, 7) is 9.79. The Morgan fingerprint density at radius 1 is 0.983 bits per heavy atom. The molecule has 3 fully saturated rings. The van der Waals surface area contributed by atoms with Crippen molar-refractivity contribution >= 4 is 34.5 Å². The zero-order valence-electron chi connectivity index (χ0n) is 34.9. The predicted octanol–water partition coefficient (Wildman–Crippen LogP) is 4.88. The van der Waals surface area contributed by atoms with Crippen LogP contribution in [0.3, 0.4) is 0 Å². The number of nitrogens with zero attached hydrogens (tertiary/aromatic N) is 3. The van der Waals surface area contributed by atoms with Crippen molar-refractivity contribution in [1.29, 1.82) is 0 Å². The SMILES string of the molecule is CCC1CC2CN(CCc3c([nH]c4ccccc34)[C@@](C(=O)OC)(c3cc4c(cc3OC)N(C)[C@H]3C(O)(C(=O)OC)[C@H](OC(C)=O)[C@]5(CC)C=CCN6CC[C@]43[C@@H]65)C2)C1. The second kappa shape index (κ2) is 13.8. The Balaban J connectivity index is 1.36. The summed E-state index contributed by atoms with van der Waals surface area (Å²) >= 11 is 0. The minimum Gasteiger partial charge on any atom is -0.496 e. The maximum atomic E-state index is 15.3. The Bertz CT molecular complexity index is 2200. The molecule has 1 aromatic heterocycles. The second-order valence-corrected chi connectivity index (χ2v) is 18.0. The topological polar surface area (TPSA) is 134 Å². The van der Waals surface area contributed by atoms with E-state index in [1.807, 2.05) is 31.0 Å². The number of nitrogens with one attached hydrogen (secondary N) is 1. The van der Waals surface area contributed by atoms with E-state index in [1.165, 1.54) is 21.1 Å². The highest BCUT2D eigenvalue weighted by molar-refractivity contribution is 5.95. The molecule has 10 atom stereocenters. The summed E-state index contributed by atoms with van der Waals surface area (Å²) < 4.78 is 24.0. The Hall–Kier alpha value is -4.39. The van der Waals surface area contributed by atoms with Crippen molar-refractivity contribution in [3.63, 3.8) is 0 Å². The number of carbonyl (C=O) groups excluding carboxylic acids is 3. The quantitative estimate of drug-likeness (QED) is 0.193. The van der Waals surface area contributed by atoms with Crippen molar-refractivity contribution in [2.45, 2.75) is 93.9 Å². The lowest BCUT2D eigenvalue weighted by Crippen LogP contribution is -2.81. The number of methoxy groups -OCH3 is 3. The molecule has 58 heavy (non-hydrogen) atoms. The first-order valence-corrected chi connectivity index (χ1v) is 21.2. The number of ether oxygens (including phenoxy) is 4. The van der Waals surface area contributed by atoms with Gasteiger partial charge >= 0.3 is 17.9 Å². The summed E-state index contributed by atoms with van der Waals surface area (Å²) in [7, 11) is 6.28. The zero-order valence-corrected chi connectivity index (χ0v) is 34.9. The van der Waals surface area contributed by atoms with Crippen molar-refractivity contribution in [3.05, 3.63) is 70.9 Å². The molecule has 9 rings (SSSR count). The van der Waals surface area contributed by atoms with E-state index in [2.05, 4.69) is 58.1 Å². The molecule has 2 saturated heterocycles. The first kappa shape index (κ1) is 39.1. The van der Waals surface area contributed by atoms with Crippen LogP contribution < -0.4 is 9.64 Å². The molecular formula is C46H58N4O8. The smallest absolute Gasteiger partial charge is 0.344 e. The molecule has 0 amide bonds. The van der Waals surface area contributed by atoms with E-state index in [1.54, 1.807) is 7.11 Å². The fourth-order valence-corrected chi connectivity index (χ4v) is 13.5. The summed E-state index contributed by atoms with van der Waals surface area (Å²) in [6, 6.07) is 11.3. The normalized spacial score (nSPS) is 36.1. The van der Waals surface area contributed by atoms with Gasteiger partial charge in [0.2, 0.25) is 5.60 Å². The van der Waals surface area contributed by atoms with Gasteiger partial charge in [-0.25, -0.2) is 4.79 Å². The predicted molar refractivity (Wildman–Crippen MR) is 219 cm³/mol. The van der Waals surface area contributed by atoms with E-state index in [9.17, 15) is 14.7 Å². The van der Waals surface area contributed by atoms with Gasteiger partial charge < -0.3 is 38.8 Å². The maximum Gasteiger partial charge on any atom is 0.344 e. The Kier molecular flexibility index (Phi) is 9.33. The number of aromatic amines is 1. The van der Waals surface area contributed by atoms with Crippen molar-refractivity contribution in [2.75, 3.05) is 66.0 Å². The number of H-pyrrole nitrogens is 1. The maximum absolute atomic E-state index is 15.3. The molecule has 3 aromatic rings. The fourth-order valence-electron chi connectivity index (χ4n) is 13.5. The number of hydrogen-bond donors (Lipinski definition) is 2. The Labute approximate surface area is 340 Å². The van der Waals surface area contributed by atoms with Gasteiger partial charge in [0.15, 0.2) is 6.10 Å². The van der Waals surface area contributed by atoms with E-state index in [-0.39, 0.29) is 17.9 Å². The zero-order chi connectivity index (χ0) is 40.9. The van der Waals surface area contributed by atoms with Crippen molar-refractivity contribution in [3.8, 4) is 5.75 Å². The number of piperidine rings is 1. The molecule has 1 saturated carbocycles. The van der Waals surface area contributed by atoms with Gasteiger partial charge in [-0.15, -0.1) is 0 Å². The third-order valence-corrected chi connectivity index (χ3v) is 15.5. The first-order valence-electron chi connectivity index (χ1n) is 21.2. The van der Waals surface area contributed by atoms with E-state index < -0.39 is 45.9 Å².